The first kappa shape index (κ1) is 22.9. The lowest BCUT2D eigenvalue weighted by molar-refractivity contribution is -0.138. The lowest BCUT2D eigenvalue weighted by atomic mass is 9.97. The number of likely N-dealkylation sites (tertiary alicyclic amines) is 1. The van der Waals surface area contributed by atoms with Crippen LogP contribution in [0.5, 0.6) is 11.5 Å². The number of carbonyl (C=O) groups is 2. The summed E-state index contributed by atoms with van der Waals surface area (Å²) in [5.41, 5.74) is 2.52. The van der Waals surface area contributed by atoms with Gasteiger partial charge in [-0.15, -0.1) is 0 Å². The van der Waals surface area contributed by atoms with Crippen LogP contribution in [0.25, 0.3) is 5.57 Å². The number of imide groups is 1. The smallest absolute Gasteiger partial charge is 0.278 e. The molecule has 2 aliphatic heterocycles. The number of hydrogen-bond donors (Lipinski definition) is 0. The van der Waals surface area contributed by atoms with E-state index >= 15 is 0 Å². The topological polar surface area (TPSA) is 59.1 Å². The Labute approximate surface area is 195 Å². The Morgan fingerprint density at radius 1 is 1.03 bits per heavy atom. The zero-order chi connectivity index (χ0) is 23.5. The highest BCUT2D eigenvalue weighted by molar-refractivity contribution is 6.35. The van der Waals surface area contributed by atoms with Gasteiger partial charge >= 0.3 is 0 Å². The number of para-hydroxylation sites is 1. The van der Waals surface area contributed by atoms with E-state index in [9.17, 15) is 9.59 Å². The van der Waals surface area contributed by atoms with Crippen molar-refractivity contribution in [3.8, 4) is 11.5 Å². The number of carbonyl (C=O) groups excluding carboxylic acids is 2. The van der Waals surface area contributed by atoms with Gasteiger partial charge in [0.05, 0.1) is 25.3 Å². The summed E-state index contributed by atoms with van der Waals surface area (Å²) in [5, 5.41) is 0. The van der Waals surface area contributed by atoms with Crippen LogP contribution >= 0.6 is 0 Å². The van der Waals surface area contributed by atoms with Crippen molar-refractivity contribution >= 4 is 17.4 Å². The van der Waals surface area contributed by atoms with Crippen molar-refractivity contribution in [1.29, 1.82) is 0 Å². The fourth-order valence-electron chi connectivity index (χ4n) is 4.63. The number of methoxy groups -OCH3 is 1. The van der Waals surface area contributed by atoms with Gasteiger partial charge in [0.2, 0.25) is 0 Å². The molecule has 0 aliphatic carbocycles. The van der Waals surface area contributed by atoms with E-state index in [0.717, 1.165) is 42.8 Å². The molecule has 6 heteroatoms. The van der Waals surface area contributed by atoms with Crippen LogP contribution in [0.4, 0.5) is 0 Å². The minimum absolute atomic E-state index is 0.0616. The van der Waals surface area contributed by atoms with Gasteiger partial charge in [0.1, 0.15) is 17.2 Å². The molecule has 2 aromatic rings. The van der Waals surface area contributed by atoms with Crippen molar-refractivity contribution in [3.63, 3.8) is 0 Å². The maximum Gasteiger partial charge on any atom is 0.278 e. The molecule has 2 aliphatic rings. The zero-order valence-electron chi connectivity index (χ0n) is 19.8. The van der Waals surface area contributed by atoms with Crippen LogP contribution in [0.1, 0.15) is 44.7 Å². The molecule has 1 fully saturated rings. The number of ether oxygens (including phenoxy) is 2. The third kappa shape index (κ3) is 4.75. The summed E-state index contributed by atoms with van der Waals surface area (Å²) in [6.07, 6.45) is 2.20. The summed E-state index contributed by atoms with van der Waals surface area (Å²) < 4.78 is 11.2. The van der Waals surface area contributed by atoms with Gasteiger partial charge in [-0.05, 0) is 56.4 Å². The van der Waals surface area contributed by atoms with Crippen LogP contribution < -0.4 is 9.47 Å². The predicted molar refractivity (Wildman–Crippen MR) is 128 cm³/mol. The molecule has 2 amide bonds. The zero-order valence-corrected chi connectivity index (χ0v) is 19.8. The van der Waals surface area contributed by atoms with Crippen LogP contribution in [-0.2, 0) is 16.1 Å². The first-order chi connectivity index (χ1) is 15.9. The number of piperidine rings is 1. The molecule has 1 unspecified atom stereocenters. The molecule has 4 rings (SSSR count). The molecular weight excluding hydrogens is 416 g/mol. The minimum Gasteiger partial charge on any atom is -0.496 e. The van der Waals surface area contributed by atoms with Crippen molar-refractivity contribution < 1.29 is 19.1 Å². The van der Waals surface area contributed by atoms with Crippen LogP contribution in [0.3, 0.4) is 0 Å². The van der Waals surface area contributed by atoms with E-state index in [1.54, 1.807) is 7.11 Å². The number of nitrogens with zero attached hydrogens (tertiary/aromatic N) is 2. The Kier molecular flexibility index (Phi) is 6.72. The second kappa shape index (κ2) is 9.69. The van der Waals surface area contributed by atoms with Crippen LogP contribution in [-0.4, -0.2) is 47.9 Å². The van der Waals surface area contributed by atoms with Crippen LogP contribution in [0.2, 0.25) is 0 Å². The Bertz CT molecular complexity index is 1060. The lowest BCUT2D eigenvalue weighted by Crippen LogP contribution is -2.39. The third-order valence-corrected chi connectivity index (χ3v) is 6.15. The normalized spacial score (nSPS) is 19.0. The molecule has 0 spiro atoms. The molecule has 0 radical (unpaired) electrons. The van der Waals surface area contributed by atoms with Gasteiger partial charge in [-0.1, -0.05) is 37.3 Å². The second-order valence-electron chi connectivity index (χ2n) is 9.12. The highest BCUT2D eigenvalue weighted by Gasteiger charge is 2.42. The molecule has 0 saturated carbocycles. The summed E-state index contributed by atoms with van der Waals surface area (Å²) in [7, 11) is 1.59. The molecule has 2 aromatic carbocycles. The molecular formula is C27H32N2O4. The SMILES string of the molecule is COc1ccccc1CN1C(=O)C(c2ccc(OC(C)C)cc2)=C(N2CCCC(C)C2)C1=O. The molecule has 0 aromatic heterocycles. The minimum atomic E-state index is -0.267. The third-order valence-electron chi connectivity index (χ3n) is 6.15. The van der Waals surface area contributed by atoms with Crippen molar-refractivity contribution in [2.24, 2.45) is 5.92 Å². The van der Waals surface area contributed by atoms with Crippen molar-refractivity contribution in [2.45, 2.75) is 46.3 Å². The molecule has 2 heterocycles. The van der Waals surface area contributed by atoms with E-state index in [2.05, 4.69) is 11.8 Å². The van der Waals surface area contributed by atoms with Crippen LogP contribution in [0, 0.1) is 5.92 Å². The van der Waals surface area contributed by atoms with Gasteiger partial charge in [-0.25, -0.2) is 0 Å². The Hall–Kier alpha value is -3.28. The lowest BCUT2D eigenvalue weighted by Gasteiger charge is -2.33. The summed E-state index contributed by atoms with van der Waals surface area (Å²) >= 11 is 0. The molecule has 6 nitrogen and oxygen atoms in total. The first-order valence-electron chi connectivity index (χ1n) is 11.6. The molecule has 33 heavy (non-hydrogen) atoms. The van der Waals surface area contributed by atoms with Gasteiger partial charge in [0.15, 0.2) is 0 Å². The number of benzene rings is 2. The largest absolute Gasteiger partial charge is 0.496 e. The fraction of sp³-hybridized carbons (Fsp3) is 0.407. The monoisotopic (exact) mass is 448 g/mol. The quantitative estimate of drug-likeness (QED) is 0.584. The second-order valence-corrected chi connectivity index (χ2v) is 9.12. The Morgan fingerprint density at radius 3 is 2.42 bits per heavy atom. The van der Waals surface area contributed by atoms with E-state index < -0.39 is 0 Å². The van der Waals surface area contributed by atoms with Gasteiger partial charge in [-0.3, -0.25) is 14.5 Å². The maximum atomic E-state index is 13.7. The van der Waals surface area contributed by atoms with E-state index in [4.69, 9.17) is 9.47 Å². The molecule has 174 valence electrons. The van der Waals surface area contributed by atoms with E-state index in [0.29, 0.717) is 22.9 Å². The molecule has 1 saturated heterocycles. The first-order valence-corrected chi connectivity index (χ1v) is 11.6. The highest BCUT2D eigenvalue weighted by atomic mass is 16.5. The van der Waals surface area contributed by atoms with Crippen LogP contribution in [0.15, 0.2) is 54.2 Å². The standard InChI is InChI=1S/C27H32N2O4/c1-18(2)33-22-13-11-20(12-14-22)24-25(28-15-7-8-19(3)16-28)27(31)29(26(24)30)17-21-9-5-6-10-23(21)32-4/h5-6,9-14,18-19H,7-8,15-17H2,1-4H3. The number of hydrogen-bond acceptors (Lipinski definition) is 5. The summed E-state index contributed by atoms with van der Waals surface area (Å²) in [6, 6.07) is 15.0. The predicted octanol–water partition coefficient (Wildman–Crippen LogP) is 4.49. The van der Waals surface area contributed by atoms with Gasteiger partial charge in [0.25, 0.3) is 11.8 Å². The van der Waals surface area contributed by atoms with Crippen molar-refractivity contribution in [1.82, 2.24) is 9.80 Å². The van der Waals surface area contributed by atoms with E-state index in [-0.39, 0.29) is 24.5 Å². The van der Waals surface area contributed by atoms with Gasteiger partial charge in [0, 0.05) is 18.7 Å². The number of rotatable bonds is 7. The average Bonchev–Trinajstić information content (AvgIpc) is 3.04. The Balaban J connectivity index is 1.72. The summed E-state index contributed by atoms with van der Waals surface area (Å²) in [6.45, 7) is 7.86. The highest BCUT2D eigenvalue weighted by Crippen LogP contribution is 2.36. The Morgan fingerprint density at radius 2 is 1.76 bits per heavy atom. The van der Waals surface area contributed by atoms with E-state index in [1.165, 1.54) is 4.90 Å². The van der Waals surface area contributed by atoms with Gasteiger partial charge < -0.3 is 14.4 Å². The van der Waals surface area contributed by atoms with Crippen molar-refractivity contribution in [2.75, 3.05) is 20.2 Å². The van der Waals surface area contributed by atoms with Gasteiger partial charge in [-0.2, -0.15) is 0 Å². The molecule has 0 N–H and O–H groups in total. The molecule has 1 atom stereocenters. The fourth-order valence-corrected chi connectivity index (χ4v) is 4.63. The maximum absolute atomic E-state index is 13.7. The summed E-state index contributed by atoms with van der Waals surface area (Å²) in [4.78, 5) is 30.8. The van der Waals surface area contributed by atoms with E-state index in [1.807, 2.05) is 62.4 Å². The molecule has 0 bridgehead atoms. The number of amides is 2. The average molecular weight is 449 g/mol. The van der Waals surface area contributed by atoms with Crippen molar-refractivity contribution in [3.05, 3.63) is 65.4 Å². The summed E-state index contributed by atoms with van der Waals surface area (Å²) in [5.74, 6) is 1.37.